The second-order valence-corrected chi connectivity index (χ2v) is 7.68. The van der Waals surface area contributed by atoms with E-state index in [9.17, 15) is 14.9 Å². The van der Waals surface area contributed by atoms with Crippen LogP contribution in [0.2, 0.25) is 0 Å². The van der Waals surface area contributed by atoms with E-state index in [-0.39, 0.29) is 11.6 Å². The van der Waals surface area contributed by atoms with E-state index in [1.165, 1.54) is 23.5 Å². The first kappa shape index (κ1) is 20.2. The molecule has 28 heavy (non-hydrogen) atoms. The number of thioether (sulfide) groups is 1. The Morgan fingerprint density at radius 1 is 1.29 bits per heavy atom. The van der Waals surface area contributed by atoms with Gasteiger partial charge in [0.1, 0.15) is 0 Å². The van der Waals surface area contributed by atoms with E-state index in [0.717, 1.165) is 9.60 Å². The highest BCUT2D eigenvalue weighted by Gasteiger charge is 2.13. The summed E-state index contributed by atoms with van der Waals surface area (Å²) in [4.78, 5) is 29.2. The summed E-state index contributed by atoms with van der Waals surface area (Å²) in [6.07, 6.45) is 1.97. The molecule has 2 aromatic carbocycles. The van der Waals surface area contributed by atoms with Crippen molar-refractivity contribution in [1.82, 2.24) is 4.57 Å². The van der Waals surface area contributed by atoms with E-state index in [2.05, 4.69) is 4.99 Å². The smallest absolute Gasteiger partial charge is 0.279 e. The molecule has 0 spiro atoms. The summed E-state index contributed by atoms with van der Waals surface area (Å²) in [5.41, 5.74) is 1.17. The van der Waals surface area contributed by atoms with E-state index in [1.807, 2.05) is 25.3 Å². The molecule has 3 aromatic rings. The minimum Gasteiger partial charge on any atom is -0.380 e. The molecule has 0 atom stereocenters. The molecule has 0 saturated carbocycles. The van der Waals surface area contributed by atoms with Crippen LogP contribution in [0.4, 0.5) is 5.69 Å². The largest absolute Gasteiger partial charge is 0.380 e. The Bertz CT molecular complexity index is 1070. The average Bonchev–Trinajstić information content (AvgIpc) is 3.04. The zero-order valence-electron chi connectivity index (χ0n) is 15.5. The number of nitrogens with zero attached hydrogens (tertiary/aromatic N) is 3. The SMILES string of the molecule is CCOCCn1c(=NC(=O)c2ccc(SC)cc2)sc2ccc([N+](=O)[O-])cc21. The third-order valence-electron chi connectivity index (χ3n) is 4.07. The summed E-state index contributed by atoms with van der Waals surface area (Å²) in [6, 6.07) is 11.9. The molecule has 1 aromatic heterocycles. The Morgan fingerprint density at radius 2 is 2.04 bits per heavy atom. The summed E-state index contributed by atoms with van der Waals surface area (Å²) in [6.45, 7) is 3.34. The molecule has 3 rings (SSSR count). The number of carbonyl (C=O) groups excluding carboxylic acids is 1. The number of rotatable bonds is 7. The van der Waals surface area contributed by atoms with Crippen LogP contribution in [0.15, 0.2) is 52.4 Å². The number of amides is 1. The van der Waals surface area contributed by atoms with Crippen LogP contribution in [0.3, 0.4) is 0 Å². The van der Waals surface area contributed by atoms with Gasteiger partial charge >= 0.3 is 0 Å². The number of hydrogen-bond acceptors (Lipinski definition) is 6. The van der Waals surface area contributed by atoms with Crippen molar-refractivity contribution < 1.29 is 14.5 Å². The van der Waals surface area contributed by atoms with Crippen molar-refractivity contribution in [2.24, 2.45) is 4.99 Å². The lowest BCUT2D eigenvalue weighted by molar-refractivity contribution is -0.384. The van der Waals surface area contributed by atoms with Gasteiger partial charge < -0.3 is 9.30 Å². The predicted molar refractivity (Wildman–Crippen MR) is 111 cm³/mol. The minimum absolute atomic E-state index is 0.000917. The number of hydrogen-bond donors (Lipinski definition) is 0. The number of benzene rings is 2. The number of ether oxygens (including phenoxy) is 1. The summed E-state index contributed by atoms with van der Waals surface area (Å²) in [5, 5.41) is 11.1. The maximum atomic E-state index is 12.6. The molecule has 0 bridgehead atoms. The molecule has 9 heteroatoms. The highest BCUT2D eigenvalue weighted by Crippen LogP contribution is 2.23. The maximum Gasteiger partial charge on any atom is 0.279 e. The van der Waals surface area contributed by atoms with Gasteiger partial charge in [0.05, 0.1) is 21.7 Å². The molecule has 1 heterocycles. The van der Waals surface area contributed by atoms with Crippen LogP contribution in [-0.2, 0) is 11.3 Å². The molecular weight excluding hydrogens is 398 g/mol. The molecule has 146 valence electrons. The quantitative estimate of drug-likeness (QED) is 0.250. The Hall–Kier alpha value is -2.49. The van der Waals surface area contributed by atoms with Crippen molar-refractivity contribution in [2.45, 2.75) is 18.4 Å². The molecule has 0 radical (unpaired) electrons. The minimum atomic E-state index is -0.431. The molecule has 1 amide bonds. The fourth-order valence-corrected chi connectivity index (χ4v) is 4.10. The van der Waals surface area contributed by atoms with E-state index in [0.29, 0.717) is 35.6 Å². The van der Waals surface area contributed by atoms with E-state index in [1.54, 1.807) is 34.5 Å². The number of nitro benzene ring substituents is 1. The Balaban J connectivity index is 2.06. The van der Waals surface area contributed by atoms with Gasteiger partial charge in [-0.25, -0.2) is 0 Å². The van der Waals surface area contributed by atoms with Crippen molar-refractivity contribution in [1.29, 1.82) is 0 Å². The standard InChI is InChI=1S/C19H19N3O4S2/c1-3-26-11-10-21-16-12-14(22(24)25)6-9-17(16)28-19(21)20-18(23)13-4-7-15(27-2)8-5-13/h4-9,12H,3,10-11H2,1-2H3. The summed E-state index contributed by atoms with van der Waals surface area (Å²) >= 11 is 2.93. The normalized spacial score (nSPS) is 11.9. The molecule has 0 aliphatic rings. The maximum absolute atomic E-state index is 12.6. The molecule has 0 aliphatic heterocycles. The van der Waals surface area contributed by atoms with E-state index >= 15 is 0 Å². The second-order valence-electron chi connectivity index (χ2n) is 5.79. The number of non-ortho nitro benzene ring substituents is 1. The number of thiazole rings is 1. The third kappa shape index (κ3) is 4.49. The van der Waals surface area contributed by atoms with Crippen molar-refractivity contribution in [3.8, 4) is 0 Å². The molecule has 0 unspecified atom stereocenters. The number of fused-ring (bicyclic) bond motifs is 1. The van der Waals surface area contributed by atoms with Crippen LogP contribution in [0, 0.1) is 10.1 Å². The van der Waals surface area contributed by atoms with Gasteiger partial charge in [-0.3, -0.25) is 14.9 Å². The molecule has 7 nitrogen and oxygen atoms in total. The van der Waals surface area contributed by atoms with Gasteiger partial charge in [0.15, 0.2) is 4.80 Å². The van der Waals surface area contributed by atoms with Crippen LogP contribution >= 0.6 is 23.1 Å². The van der Waals surface area contributed by atoms with Gasteiger partial charge in [0, 0.05) is 35.7 Å². The van der Waals surface area contributed by atoms with Crippen LogP contribution < -0.4 is 4.80 Å². The van der Waals surface area contributed by atoms with Crippen LogP contribution in [0.5, 0.6) is 0 Å². The zero-order chi connectivity index (χ0) is 20.1. The van der Waals surface area contributed by atoms with E-state index < -0.39 is 4.92 Å². The fourth-order valence-electron chi connectivity index (χ4n) is 2.66. The highest BCUT2D eigenvalue weighted by atomic mass is 32.2. The Morgan fingerprint density at radius 3 is 2.68 bits per heavy atom. The fraction of sp³-hybridized carbons (Fsp3) is 0.263. The number of aromatic nitrogens is 1. The summed E-state index contributed by atoms with van der Waals surface area (Å²) in [7, 11) is 0. The van der Waals surface area contributed by atoms with Crippen LogP contribution in [0.25, 0.3) is 10.2 Å². The molecule has 0 aliphatic carbocycles. The Labute approximate surface area is 169 Å². The lowest BCUT2D eigenvalue weighted by Gasteiger charge is -2.05. The van der Waals surface area contributed by atoms with Gasteiger partial charge in [0.25, 0.3) is 11.6 Å². The van der Waals surface area contributed by atoms with Gasteiger partial charge in [0.2, 0.25) is 0 Å². The topological polar surface area (TPSA) is 86.7 Å². The predicted octanol–water partition coefficient (Wildman–Crippen LogP) is 4.11. The average molecular weight is 418 g/mol. The Kier molecular flexibility index (Phi) is 6.61. The molecule has 0 saturated heterocycles. The summed E-state index contributed by atoms with van der Waals surface area (Å²) in [5.74, 6) is -0.348. The molecular formula is C19H19N3O4S2. The van der Waals surface area contributed by atoms with Crippen molar-refractivity contribution >= 4 is 44.9 Å². The first-order valence-electron chi connectivity index (χ1n) is 8.62. The van der Waals surface area contributed by atoms with Crippen molar-refractivity contribution in [2.75, 3.05) is 19.5 Å². The number of carbonyl (C=O) groups is 1. The first-order valence-corrected chi connectivity index (χ1v) is 10.7. The monoisotopic (exact) mass is 417 g/mol. The van der Waals surface area contributed by atoms with Crippen molar-refractivity contribution in [3.63, 3.8) is 0 Å². The van der Waals surface area contributed by atoms with Gasteiger partial charge in [-0.05, 0) is 43.5 Å². The van der Waals surface area contributed by atoms with E-state index in [4.69, 9.17) is 4.74 Å². The third-order valence-corrected chi connectivity index (χ3v) is 5.88. The van der Waals surface area contributed by atoms with Crippen LogP contribution in [-0.4, -0.2) is 34.9 Å². The number of nitro groups is 1. The first-order chi connectivity index (χ1) is 13.5. The highest BCUT2D eigenvalue weighted by molar-refractivity contribution is 7.98. The second kappa shape index (κ2) is 9.13. The van der Waals surface area contributed by atoms with Gasteiger partial charge in [-0.1, -0.05) is 11.3 Å². The molecule has 0 fully saturated rings. The van der Waals surface area contributed by atoms with Gasteiger partial charge in [-0.2, -0.15) is 4.99 Å². The summed E-state index contributed by atoms with van der Waals surface area (Å²) < 4.78 is 8.05. The van der Waals surface area contributed by atoms with Gasteiger partial charge in [-0.15, -0.1) is 11.8 Å². The zero-order valence-corrected chi connectivity index (χ0v) is 17.1. The van der Waals surface area contributed by atoms with Crippen LogP contribution in [0.1, 0.15) is 17.3 Å². The lowest BCUT2D eigenvalue weighted by atomic mass is 10.2. The molecule has 0 N–H and O–H groups in total. The van der Waals surface area contributed by atoms with Crippen molar-refractivity contribution in [3.05, 3.63) is 62.9 Å². The lowest BCUT2D eigenvalue weighted by Crippen LogP contribution is -2.19.